The monoisotopic (exact) mass is 254 g/mol. The summed E-state index contributed by atoms with van der Waals surface area (Å²) in [6.45, 7) is 3.93. The second-order valence-corrected chi connectivity index (χ2v) is 6.02. The van der Waals surface area contributed by atoms with Crippen LogP contribution in [0.3, 0.4) is 0 Å². The summed E-state index contributed by atoms with van der Waals surface area (Å²) in [4.78, 5) is 4.25. The van der Waals surface area contributed by atoms with Gasteiger partial charge in [0.2, 0.25) is 0 Å². The Balaban J connectivity index is 1.66. The Kier molecular flexibility index (Phi) is 4.44. The lowest BCUT2D eigenvalue weighted by molar-refractivity contribution is 0.484. The number of nitrogens with zero attached hydrogens (tertiary/aromatic N) is 1. The van der Waals surface area contributed by atoms with Crippen LogP contribution >= 0.6 is 23.1 Å². The number of thioether (sulfide) groups is 1. The maximum atomic E-state index is 5.24. The first kappa shape index (κ1) is 11.7. The number of hydrogen-bond donors (Lipinski definition) is 1. The van der Waals surface area contributed by atoms with E-state index in [9.17, 15) is 0 Å². The lowest BCUT2D eigenvalue weighted by Gasteiger charge is -2.09. The van der Waals surface area contributed by atoms with Crippen LogP contribution in [0.2, 0.25) is 0 Å². The Bertz CT molecular complexity index is 386. The predicted octanol–water partition coefficient (Wildman–Crippen LogP) is 3.01. The van der Waals surface area contributed by atoms with Crippen molar-refractivity contribution < 1.29 is 4.42 Å². The van der Waals surface area contributed by atoms with Crippen molar-refractivity contribution in [1.29, 1.82) is 0 Å². The lowest BCUT2D eigenvalue weighted by atomic mass is 10.4. The van der Waals surface area contributed by atoms with E-state index in [-0.39, 0.29) is 0 Å². The van der Waals surface area contributed by atoms with Crippen LogP contribution in [0, 0.1) is 0 Å². The van der Waals surface area contributed by atoms with Crippen LogP contribution < -0.4 is 5.32 Å². The zero-order chi connectivity index (χ0) is 11.2. The summed E-state index contributed by atoms with van der Waals surface area (Å²) < 4.78 is 6.37. The van der Waals surface area contributed by atoms with Gasteiger partial charge in [-0.3, -0.25) is 0 Å². The molecule has 0 aromatic carbocycles. The van der Waals surface area contributed by atoms with E-state index < -0.39 is 0 Å². The molecule has 2 aromatic rings. The molecule has 0 aliphatic heterocycles. The molecular weight excluding hydrogens is 240 g/mol. The maximum absolute atomic E-state index is 5.24. The average Bonchev–Trinajstić information content (AvgIpc) is 2.90. The topological polar surface area (TPSA) is 38.1 Å². The molecule has 2 rings (SSSR count). The highest BCUT2D eigenvalue weighted by Crippen LogP contribution is 2.24. The van der Waals surface area contributed by atoms with Crippen LogP contribution in [-0.2, 0) is 6.54 Å². The molecule has 0 amide bonds. The van der Waals surface area contributed by atoms with Gasteiger partial charge in [0.1, 0.15) is 10.1 Å². The van der Waals surface area contributed by atoms with Crippen molar-refractivity contribution in [2.75, 3.05) is 6.54 Å². The quantitative estimate of drug-likeness (QED) is 0.804. The lowest BCUT2D eigenvalue weighted by Crippen LogP contribution is -2.21. The van der Waals surface area contributed by atoms with Crippen molar-refractivity contribution in [2.24, 2.45) is 0 Å². The molecule has 2 aromatic heterocycles. The number of rotatable bonds is 6. The molecule has 1 unspecified atom stereocenters. The first-order valence-electron chi connectivity index (χ1n) is 5.14. The molecule has 0 aliphatic carbocycles. The van der Waals surface area contributed by atoms with Crippen molar-refractivity contribution in [1.82, 2.24) is 10.3 Å². The highest BCUT2D eigenvalue weighted by Gasteiger charge is 2.06. The van der Waals surface area contributed by atoms with E-state index >= 15 is 0 Å². The number of furan rings is 1. The van der Waals surface area contributed by atoms with E-state index in [1.807, 2.05) is 23.7 Å². The third kappa shape index (κ3) is 3.66. The molecule has 0 radical (unpaired) electrons. The minimum atomic E-state index is 0.515. The first-order chi connectivity index (χ1) is 7.84. The number of nitrogens with one attached hydrogen (secondary N) is 1. The highest BCUT2D eigenvalue weighted by molar-refractivity contribution is 8.01. The Morgan fingerprint density at radius 2 is 2.56 bits per heavy atom. The molecule has 1 atom stereocenters. The third-order valence-electron chi connectivity index (χ3n) is 2.02. The van der Waals surface area contributed by atoms with Gasteiger partial charge in [-0.2, -0.15) is 0 Å². The summed E-state index contributed by atoms with van der Waals surface area (Å²) in [5.74, 6) is 0.978. The van der Waals surface area contributed by atoms with Crippen LogP contribution in [0.1, 0.15) is 12.7 Å². The molecule has 0 saturated carbocycles. The number of hydrogen-bond acceptors (Lipinski definition) is 5. The van der Waals surface area contributed by atoms with Gasteiger partial charge in [-0.25, -0.2) is 4.98 Å². The smallest absolute Gasteiger partial charge is 0.150 e. The van der Waals surface area contributed by atoms with Gasteiger partial charge in [0.15, 0.2) is 0 Å². The van der Waals surface area contributed by atoms with Crippen LogP contribution in [0.5, 0.6) is 0 Å². The molecule has 0 fully saturated rings. The van der Waals surface area contributed by atoms with E-state index in [0.717, 1.165) is 23.2 Å². The van der Waals surface area contributed by atoms with Crippen molar-refractivity contribution >= 4 is 23.1 Å². The van der Waals surface area contributed by atoms with Gasteiger partial charge in [-0.15, -0.1) is 11.3 Å². The summed E-state index contributed by atoms with van der Waals surface area (Å²) in [5.41, 5.74) is 0. The predicted molar refractivity (Wildman–Crippen MR) is 67.8 cm³/mol. The van der Waals surface area contributed by atoms with E-state index in [4.69, 9.17) is 4.42 Å². The highest BCUT2D eigenvalue weighted by atomic mass is 32.2. The summed E-state index contributed by atoms with van der Waals surface area (Å²) in [6.07, 6.45) is 3.54. The first-order valence-corrected chi connectivity index (χ1v) is 6.90. The minimum Gasteiger partial charge on any atom is -0.468 e. The van der Waals surface area contributed by atoms with E-state index in [2.05, 4.69) is 17.2 Å². The fourth-order valence-electron chi connectivity index (χ4n) is 1.29. The standard InChI is InChI=1S/C11H14N2OS2/c1-9(16-11-13-4-6-15-11)7-12-8-10-3-2-5-14-10/h2-6,9,12H,7-8H2,1H3. The minimum absolute atomic E-state index is 0.515. The summed E-state index contributed by atoms with van der Waals surface area (Å²) in [5, 5.41) is 5.88. The second kappa shape index (κ2) is 6.08. The van der Waals surface area contributed by atoms with E-state index in [1.165, 1.54) is 0 Å². The molecule has 16 heavy (non-hydrogen) atoms. The van der Waals surface area contributed by atoms with Gasteiger partial charge < -0.3 is 9.73 Å². The molecule has 1 N–H and O–H groups in total. The van der Waals surface area contributed by atoms with Gasteiger partial charge in [-0.1, -0.05) is 18.7 Å². The Morgan fingerprint density at radius 3 is 3.25 bits per heavy atom. The molecule has 0 bridgehead atoms. The molecule has 86 valence electrons. The zero-order valence-corrected chi connectivity index (χ0v) is 10.7. The van der Waals surface area contributed by atoms with Crippen molar-refractivity contribution in [2.45, 2.75) is 23.1 Å². The Hall–Kier alpha value is -0.780. The fourth-order valence-corrected chi connectivity index (χ4v) is 3.20. The molecule has 2 heterocycles. The zero-order valence-electron chi connectivity index (χ0n) is 9.05. The molecular formula is C11H14N2OS2. The van der Waals surface area contributed by atoms with Gasteiger partial charge >= 0.3 is 0 Å². The summed E-state index contributed by atoms with van der Waals surface area (Å²) in [7, 11) is 0. The van der Waals surface area contributed by atoms with Crippen molar-refractivity contribution in [3.63, 3.8) is 0 Å². The van der Waals surface area contributed by atoms with Crippen LogP contribution in [0.15, 0.2) is 38.7 Å². The number of aromatic nitrogens is 1. The maximum Gasteiger partial charge on any atom is 0.150 e. The van der Waals surface area contributed by atoms with Crippen molar-refractivity contribution in [3.8, 4) is 0 Å². The largest absolute Gasteiger partial charge is 0.468 e. The van der Waals surface area contributed by atoms with Crippen molar-refractivity contribution in [3.05, 3.63) is 35.7 Å². The average molecular weight is 254 g/mol. The summed E-state index contributed by atoms with van der Waals surface area (Å²) in [6, 6.07) is 3.89. The molecule has 0 spiro atoms. The van der Waals surface area contributed by atoms with Gasteiger partial charge in [0.05, 0.1) is 12.8 Å². The number of thiazole rings is 1. The normalized spacial score (nSPS) is 12.8. The van der Waals surface area contributed by atoms with Gasteiger partial charge in [-0.05, 0) is 12.1 Å². The SMILES string of the molecule is CC(CNCc1ccco1)Sc1nccs1. The Morgan fingerprint density at radius 1 is 1.62 bits per heavy atom. The van der Waals surface area contributed by atoms with Gasteiger partial charge in [0.25, 0.3) is 0 Å². The summed E-state index contributed by atoms with van der Waals surface area (Å²) >= 11 is 3.49. The van der Waals surface area contributed by atoms with Gasteiger partial charge in [0, 0.05) is 23.4 Å². The fraction of sp³-hybridized carbons (Fsp3) is 0.364. The van der Waals surface area contributed by atoms with Crippen LogP contribution in [-0.4, -0.2) is 16.8 Å². The molecule has 3 nitrogen and oxygen atoms in total. The van der Waals surface area contributed by atoms with E-state index in [1.54, 1.807) is 29.4 Å². The second-order valence-electron chi connectivity index (χ2n) is 3.44. The molecule has 5 heteroatoms. The van der Waals surface area contributed by atoms with Crippen LogP contribution in [0.25, 0.3) is 0 Å². The molecule has 0 saturated heterocycles. The third-order valence-corrected chi connectivity index (χ3v) is 4.04. The van der Waals surface area contributed by atoms with E-state index in [0.29, 0.717) is 5.25 Å². The molecule has 0 aliphatic rings. The Labute approximate surface area is 103 Å². The van der Waals surface area contributed by atoms with Crippen LogP contribution in [0.4, 0.5) is 0 Å².